The van der Waals surface area contributed by atoms with Crippen LogP contribution < -0.4 is 14.8 Å². The zero-order chi connectivity index (χ0) is 18.3. The van der Waals surface area contributed by atoms with Gasteiger partial charge in [0.25, 0.3) is 0 Å². The Balaban J connectivity index is 1.90. The highest BCUT2D eigenvalue weighted by Crippen LogP contribution is 2.18. The van der Waals surface area contributed by atoms with E-state index in [1.165, 1.54) is 19.1 Å². The number of ether oxygens (including phenoxy) is 1. The van der Waals surface area contributed by atoms with Crippen LogP contribution in [0.5, 0.6) is 5.75 Å². The Labute approximate surface area is 148 Å². The molecule has 6 nitrogen and oxygen atoms in total. The van der Waals surface area contributed by atoms with Gasteiger partial charge in [0.2, 0.25) is 15.9 Å². The fraction of sp³-hybridized carbons (Fsp3) is 0.278. The fourth-order valence-corrected chi connectivity index (χ4v) is 3.29. The number of anilines is 1. The van der Waals surface area contributed by atoms with Crippen LogP contribution in [0.3, 0.4) is 0 Å². The molecule has 0 aliphatic heterocycles. The molecular formula is C18H22N2O4S. The van der Waals surface area contributed by atoms with Gasteiger partial charge in [-0.25, -0.2) is 13.1 Å². The number of nitrogens with one attached hydrogen (secondary N) is 2. The molecule has 7 heteroatoms. The van der Waals surface area contributed by atoms with Crippen molar-refractivity contribution in [1.82, 2.24) is 4.72 Å². The van der Waals surface area contributed by atoms with Crippen LogP contribution in [0.1, 0.15) is 19.4 Å². The summed E-state index contributed by atoms with van der Waals surface area (Å²) in [6, 6.07) is 13.7. The number of sulfonamides is 1. The van der Waals surface area contributed by atoms with Gasteiger partial charge in [0.05, 0.1) is 4.90 Å². The van der Waals surface area contributed by atoms with Gasteiger partial charge < -0.3 is 10.1 Å². The average Bonchev–Trinajstić information content (AvgIpc) is 2.59. The molecule has 0 saturated heterocycles. The van der Waals surface area contributed by atoms with E-state index in [-0.39, 0.29) is 24.0 Å². The van der Waals surface area contributed by atoms with Gasteiger partial charge in [0, 0.05) is 19.2 Å². The van der Waals surface area contributed by atoms with Crippen LogP contribution in [-0.2, 0) is 21.2 Å². The first-order valence-electron chi connectivity index (χ1n) is 8.00. The van der Waals surface area contributed by atoms with E-state index in [1.54, 1.807) is 12.1 Å². The van der Waals surface area contributed by atoms with Crippen molar-refractivity contribution >= 4 is 21.6 Å². The van der Waals surface area contributed by atoms with Gasteiger partial charge in [0.1, 0.15) is 12.4 Å². The molecule has 25 heavy (non-hydrogen) atoms. The van der Waals surface area contributed by atoms with Gasteiger partial charge >= 0.3 is 0 Å². The Hall–Kier alpha value is -2.38. The lowest BCUT2D eigenvalue weighted by atomic mass is 10.1. The molecule has 2 rings (SSSR count). The smallest absolute Gasteiger partial charge is 0.240 e. The summed E-state index contributed by atoms with van der Waals surface area (Å²) in [6.45, 7) is 3.83. The van der Waals surface area contributed by atoms with E-state index in [0.717, 1.165) is 17.7 Å². The molecule has 0 unspecified atom stereocenters. The summed E-state index contributed by atoms with van der Waals surface area (Å²) in [7, 11) is -3.62. The number of carbonyl (C=O) groups is 1. The first-order chi connectivity index (χ1) is 11.9. The monoisotopic (exact) mass is 362 g/mol. The second kappa shape index (κ2) is 8.64. The zero-order valence-corrected chi connectivity index (χ0v) is 15.1. The number of hydrogen-bond acceptors (Lipinski definition) is 4. The number of aryl methyl sites for hydroxylation is 1. The van der Waals surface area contributed by atoms with E-state index >= 15 is 0 Å². The predicted octanol–water partition coefficient (Wildman–Crippen LogP) is 2.56. The van der Waals surface area contributed by atoms with Gasteiger partial charge in [-0.2, -0.15) is 0 Å². The lowest BCUT2D eigenvalue weighted by Crippen LogP contribution is -2.28. The van der Waals surface area contributed by atoms with Crippen molar-refractivity contribution in [2.45, 2.75) is 25.2 Å². The molecule has 2 N–H and O–H groups in total. The van der Waals surface area contributed by atoms with E-state index in [1.807, 2.05) is 31.2 Å². The lowest BCUT2D eigenvalue weighted by Gasteiger charge is -2.11. The summed E-state index contributed by atoms with van der Waals surface area (Å²) in [5.41, 5.74) is 1.63. The first-order valence-corrected chi connectivity index (χ1v) is 9.48. The summed E-state index contributed by atoms with van der Waals surface area (Å²) in [6.07, 6.45) is 0.850. The molecule has 0 atom stereocenters. The van der Waals surface area contributed by atoms with Gasteiger partial charge in [-0.15, -0.1) is 0 Å². The van der Waals surface area contributed by atoms with Gasteiger partial charge in [-0.1, -0.05) is 25.1 Å². The minimum atomic E-state index is -3.62. The number of hydrogen-bond donors (Lipinski definition) is 2. The maximum Gasteiger partial charge on any atom is 0.240 e. The Kier molecular flexibility index (Phi) is 6.55. The van der Waals surface area contributed by atoms with E-state index in [9.17, 15) is 13.2 Å². The molecule has 134 valence electrons. The highest BCUT2D eigenvalue weighted by atomic mass is 32.2. The largest absolute Gasteiger partial charge is 0.492 e. The Morgan fingerprint density at radius 2 is 1.76 bits per heavy atom. The van der Waals surface area contributed by atoms with E-state index < -0.39 is 10.0 Å². The highest BCUT2D eigenvalue weighted by Gasteiger charge is 2.13. The maximum atomic E-state index is 12.2. The summed E-state index contributed by atoms with van der Waals surface area (Å²) in [5, 5.41) is 2.59. The standard InChI is InChI=1S/C18H22N2O4S/c1-3-15-6-4-5-7-18(15)24-13-12-19-25(22,23)17-10-8-16(9-11-17)20-14(2)21/h4-11,19H,3,12-13H2,1-2H3,(H,20,21). The molecule has 0 spiro atoms. The van der Waals surface area contributed by atoms with Crippen molar-refractivity contribution in [3.05, 3.63) is 54.1 Å². The first kappa shape index (κ1) is 19.0. The summed E-state index contributed by atoms with van der Waals surface area (Å²) in [5.74, 6) is 0.557. The van der Waals surface area contributed by atoms with Crippen molar-refractivity contribution in [1.29, 1.82) is 0 Å². The van der Waals surface area contributed by atoms with Crippen molar-refractivity contribution < 1.29 is 17.9 Å². The maximum absolute atomic E-state index is 12.2. The number of carbonyl (C=O) groups excluding carboxylic acids is 1. The molecule has 2 aromatic rings. The minimum absolute atomic E-state index is 0.135. The van der Waals surface area contributed by atoms with Crippen LogP contribution >= 0.6 is 0 Å². The second-order valence-electron chi connectivity index (χ2n) is 5.41. The quantitative estimate of drug-likeness (QED) is 0.707. The summed E-state index contributed by atoms with van der Waals surface area (Å²) >= 11 is 0. The van der Waals surface area contributed by atoms with Crippen molar-refractivity contribution in [3.8, 4) is 5.75 Å². The van der Waals surface area contributed by atoms with Crippen LogP contribution in [0.25, 0.3) is 0 Å². The molecular weight excluding hydrogens is 340 g/mol. The number of amides is 1. The average molecular weight is 362 g/mol. The zero-order valence-electron chi connectivity index (χ0n) is 14.3. The summed E-state index contributed by atoms with van der Waals surface area (Å²) < 4.78 is 32.6. The van der Waals surface area contributed by atoms with Crippen LogP contribution in [0.15, 0.2) is 53.4 Å². The molecule has 0 saturated carbocycles. The van der Waals surface area contributed by atoms with Crippen LogP contribution in [0.2, 0.25) is 0 Å². The van der Waals surface area contributed by atoms with Gasteiger partial charge in [0.15, 0.2) is 0 Å². The van der Waals surface area contributed by atoms with Crippen LogP contribution in [0.4, 0.5) is 5.69 Å². The molecule has 1 amide bonds. The Morgan fingerprint density at radius 3 is 2.40 bits per heavy atom. The topological polar surface area (TPSA) is 84.5 Å². The van der Waals surface area contributed by atoms with Crippen LogP contribution in [0, 0.1) is 0 Å². The van der Waals surface area contributed by atoms with E-state index in [2.05, 4.69) is 10.0 Å². The van der Waals surface area contributed by atoms with Crippen molar-refractivity contribution in [2.75, 3.05) is 18.5 Å². The minimum Gasteiger partial charge on any atom is -0.492 e. The molecule has 0 aliphatic rings. The Bertz CT molecular complexity index is 817. The van der Waals surface area contributed by atoms with E-state index in [0.29, 0.717) is 5.69 Å². The lowest BCUT2D eigenvalue weighted by molar-refractivity contribution is -0.114. The third kappa shape index (κ3) is 5.58. The normalized spacial score (nSPS) is 11.1. The molecule has 0 fully saturated rings. The van der Waals surface area contributed by atoms with E-state index in [4.69, 9.17) is 4.74 Å². The van der Waals surface area contributed by atoms with Crippen molar-refractivity contribution in [3.63, 3.8) is 0 Å². The molecule has 0 radical (unpaired) electrons. The molecule has 0 heterocycles. The van der Waals surface area contributed by atoms with Crippen molar-refractivity contribution in [2.24, 2.45) is 0 Å². The molecule has 2 aromatic carbocycles. The Morgan fingerprint density at radius 1 is 1.08 bits per heavy atom. The molecule has 0 bridgehead atoms. The third-order valence-electron chi connectivity index (χ3n) is 3.49. The van der Waals surface area contributed by atoms with Crippen LogP contribution in [-0.4, -0.2) is 27.5 Å². The van der Waals surface area contributed by atoms with Gasteiger partial charge in [-0.05, 0) is 42.3 Å². The number of benzene rings is 2. The predicted molar refractivity (Wildman–Crippen MR) is 97.2 cm³/mol. The van der Waals surface area contributed by atoms with Gasteiger partial charge in [-0.3, -0.25) is 4.79 Å². The number of rotatable bonds is 8. The number of para-hydroxylation sites is 1. The highest BCUT2D eigenvalue weighted by molar-refractivity contribution is 7.89. The fourth-order valence-electron chi connectivity index (χ4n) is 2.28. The molecule has 0 aromatic heterocycles. The SMILES string of the molecule is CCc1ccccc1OCCNS(=O)(=O)c1ccc(NC(C)=O)cc1. The third-order valence-corrected chi connectivity index (χ3v) is 4.97. The summed E-state index contributed by atoms with van der Waals surface area (Å²) in [4.78, 5) is 11.1. The molecule has 0 aliphatic carbocycles. The second-order valence-corrected chi connectivity index (χ2v) is 7.18.